The summed E-state index contributed by atoms with van der Waals surface area (Å²) in [7, 11) is 1.38. The molecule has 0 spiro atoms. The molecular weight excluding hydrogens is 234 g/mol. The Bertz CT molecular complexity index is 291. The third kappa shape index (κ3) is 3.67. The van der Waals surface area contributed by atoms with Crippen molar-refractivity contribution in [1.29, 1.82) is 0 Å². The average Bonchev–Trinajstić information content (AvgIpc) is 2.71. The molecule has 0 aromatic heterocycles. The zero-order chi connectivity index (χ0) is 13.0. The van der Waals surface area contributed by atoms with Crippen LogP contribution in [0.25, 0.3) is 0 Å². The second-order valence-electron chi connectivity index (χ2n) is 5.30. The van der Waals surface area contributed by atoms with Crippen LogP contribution in [0.4, 0.5) is 0 Å². The summed E-state index contributed by atoms with van der Waals surface area (Å²) < 4.78 is 16.1. The molecule has 0 aliphatic carbocycles. The van der Waals surface area contributed by atoms with Crippen LogP contribution >= 0.6 is 0 Å². The Hall–Kier alpha value is -0.650. The number of carbonyl (C=O) groups is 1. The molecule has 2 atom stereocenters. The minimum absolute atomic E-state index is 0.0674. The lowest BCUT2D eigenvalue weighted by atomic mass is 10.1. The molecule has 5 nitrogen and oxygen atoms in total. The molecule has 2 fully saturated rings. The molecule has 2 heterocycles. The van der Waals surface area contributed by atoms with Crippen LogP contribution in [0.2, 0.25) is 0 Å². The maximum Gasteiger partial charge on any atom is 0.310 e. The maximum atomic E-state index is 11.3. The fourth-order valence-corrected chi connectivity index (χ4v) is 2.64. The molecule has 104 valence electrons. The minimum atomic E-state index is -0.812. The molecule has 0 saturated carbocycles. The molecule has 2 aliphatic heterocycles. The highest BCUT2D eigenvalue weighted by Crippen LogP contribution is 2.28. The zero-order valence-corrected chi connectivity index (χ0v) is 11.3. The van der Waals surface area contributed by atoms with Gasteiger partial charge in [0.15, 0.2) is 5.79 Å². The first-order valence-corrected chi connectivity index (χ1v) is 6.72. The van der Waals surface area contributed by atoms with Crippen LogP contribution in [0.3, 0.4) is 0 Å². The highest BCUT2D eigenvalue weighted by atomic mass is 16.7. The van der Waals surface area contributed by atoms with E-state index in [1.807, 2.05) is 0 Å². The number of methoxy groups -OCH3 is 1. The van der Waals surface area contributed by atoms with Crippen molar-refractivity contribution in [2.45, 2.75) is 44.5 Å². The van der Waals surface area contributed by atoms with E-state index in [0.29, 0.717) is 6.61 Å². The lowest BCUT2D eigenvalue weighted by molar-refractivity contribution is -0.179. The first kappa shape index (κ1) is 13.8. The molecule has 18 heavy (non-hydrogen) atoms. The van der Waals surface area contributed by atoms with Gasteiger partial charge in [0.25, 0.3) is 0 Å². The predicted octanol–water partition coefficient (Wildman–Crippen LogP) is 1.17. The predicted molar refractivity (Wildman–Crippen MR) is 66.2 cm³/mol. The van der Waals surface area contributed by atoms with Crippen LogP contribution in [-0.4, -0.2) is 56.1 Å². The van der Waals surface area contributed by atoms with Gasteiger partial charge in [-0.3, -0.25) is 4.79 Å². The van der Waals surface area contributed by atoms with Gasteiger partial charge in [-0.05, 0) is 32.9 Å². The van der Waals surface area contributed by atoms with Gasteiger partial charge in [0.05, 0.1) is 26.2 Å². The first-order chi connectivity index (χ1) is 8.61. The van der Waals surface area contributed by atoms with E-state index in [1.54, 1.807) is 6.92 Å². The van der Waals surface area contributed by atoms with Crippen LogP contribution < -0.4 is 0 Å². The fourth-order valence-electron chi connectivity index (χ4n) is 2.64. The molecule has 0 bridgehead atoms. The van der Waals surface area contributed by atoms with Crippen LogP contribution in [0.1, 0.15) is 32.6 Å². The summed E-state index contributed by atoms with van der Waals surface area (Å²) in [5.41, 5.74) is 0. The van der Waals surface area contributed by atoms with Crippen molar-refractivity contribution in [3.05, 3.63) is 0 Å². The van der Waals surface area contributed by atoms with E-state index in [4.69, 9.17) is 9.47 Å². The first-order valence-electron chi connectivity index (χ1n) is 6.72. The number of esters is 1. The Morgan fingerprint density at radius 3 is 2.78 bits per heavy atom. The molecule has 2 rings (SSSR count). The van der Waals surface area contributed by atoms with Crippen molar-refractivity contribution >= 4 is 5.97 Å². The Labute approximate surface area is 108 Å². The third-order valence-corrected chi connectivity index (χ3v) is 3.59. The smallest absolute Gasteiger partial charge is 0.310 e. The van der Waals surface area contributed by atoms with E-state index in [0.717, 1.165) is 19.6 Å². The van der Waals surface area contributed by atoms with Gasteiger partial charge in [0.1, 0.15) is 0 Å². The Morgan fingerprint density at radius 2 is 2.11 bits per heavy atom. The summed E-state index contributed by atoms with van der Waals surface area (Å²) in [5, 5.41) is 0. The van der Waals surface area contributed by atoms with E-state index in [2.05, 4.69) is 9.64 Å². The lowest BCUT2D eigenvalue weighted by Gasteiger charge is -2.29. The average molecular weight is 257 g/mol. The van der Waals surface area contributed by atoms with Crippen molar-refractivity contribution < 1.29 is 19.0 Å². The SMILES string of the molecule is COC(=O)CC1(C)OCC(CN2CCCCC2)O1. The Balaban J connectivity index is 1.78. The number of likely N-dealkylation sites (tertiary alicyclic amines) is 1. The van der Waals surface area contributed by atoms with Crippen molar-refractivity contribution in [2.24, 2.45) is 0 Å². The Kier molecular flexibility index (Phi) is 4.59. The molecule has 2 unspecified atom stereocenters. The fraction of sp³-hybridized carbons (Fsp3) is 0.923. The van der Waals surface area contributed by atoms with Crippen molar-refractivity contribution in [2.75, 3.05) is 33.4 Å². The van der Waals surface area contributed by atoms with E-state index < -0.39 is 5.79 Å². The highest BCUT2D eigenvalue weighted by Gasteiger charge is 2.40. The molecule has 2 aliphatic rings. The maximum absolute atomic E-state index is 11.3. The molecule has 0 aromatic carbocycles. The largest absolute Gasteiger partial charge is 0.469 e. The third-order valence-electron chi connectivity index (χ3n) is 3.59. The molecule has 5 heteroatoms. The molecule has 2 saturated heterocycles. The normalized spacial score (nSPS) is 33.6. The van der Waals surface area contributed by atoms with Gasteiger partial charge < -0.3 is 19.1 Å². The van der Waals surface area contributed by atoms with E-state index >= 15 is 0 Å². The van der Waals surface area contributed by atoms with Gasteiger partial charge in [-0.2, -0.15) is 0 Å². The van der Waals surface area contributed by atoms with Crippen LogP contribution in [0.15, 0.2) is 0 Å². The zero-order valence-electron chi connectivity index (χ0n) is 11.3. The van der Waals surface area contributed by atoms with E-state index in [9.17, 15) is 4.79 Å². The van der Waals surface area contributed by atoms with Crippen LogP contribution in [0, 0.1) is 0 Å². The number of carbonyl (C=O) groups excluding carboxylic acids is 1. The number of piperidine rings is 1. The van der Waals surface area contributed by atoms with Gasteiger partial charge >= 0.3 is 5.97 Å². The van der Waals surface area contributed by atoms with Gasteiger partial charge in [-0.15, -0.1) is 0 Å². The Morgan fingerprint density at radius 1 is 1.39 bits per heavy atom. The molecule has 0 amide bonds. The van der Waals surface area contributed by atoms with E-state index in [-0.39, 0.29) is 18.5 Å². The number of hydrogen-bond donors (Lipinski definition) is 0. The number of nitrogens with zero attached hydrogens (tertiary/aromatic N) is 1. The summed E-state index contributed by atoms with van der Waals surface area (Å²) in [5.74, 6) is -1.11. The van der Waals surface area contributed by atoms with Crippen LogP contribution in [0.5, 0.6) is 0 Å². The summed E-state index contributed by atoms with van der Waals surface area (Å²) in [4.78, 5) is 13.7. The van der Waals surface area contributed by atoms with Crippen molar-refractivity contribution in [3.63, 3.8) is 0 Å². The monoisotopic (exact) mass is 257 g/mol. The topological polar surface area (TPSA) is 48.0 Å². The van der Waals surface area contributed by atoms with Gasteiger partial charge in [-0.1, -0.05) is 6.42 Å². The second-order valence-corrected chi connectivity index (χ2v) is 5.30. The summed E-state index contributed by atoms with van der Waals surface area (Å²) in [6.07, 6.45) is 4.09. The van der Waals surface area contributed by atoms with Gasteiger partial charge in [0, 0.05) is 6.54 Å². The highest BCUT2D eigenvalue weighted by molar-refractivity contribution is 5.70. The second kappa shape index (κ2) is 5.99. The van der Waals surface area contributed by atoms with Crippen molar-refractivity contribution in [1.82, 2.24) is 4.90 Å². The van der Waals surface area contributed by atoms with Crippen molar-refractivity contribution in [3.8, 4) is 0 Å². The van der Waals surface area contributed by atoms with Gasteiger partial charge in [-0.25, -0.2) is 0 Å². The molecule has 0 aromatic rings. The van der Waals surface area contributed by atoms with E-state index in [1.165, 1.54) is 26.4 Å². The lowest BCUT2D eigenvalue weighted by Crippen LogP contribution is -2.38. The molecular formula is C13H23NO4. The standard InChI is InChI=1S/C13H23NO4/c1-13(8-12(15)16-2)17-10-11(18-13)9-14-6-4-3-5-7-14/h11H,3-10H2,1-2H3. The molecule has 0 radical (unpaired) electrons. The number of hydrogen-bond acceptors (Lipinski definition) is 5. The minimum Gasteiger partial charge on any atom is -0.469 e. The van der Waals surface area contributed by atoms with Crippen LogP contribution in [-0.2, 0) is 19.0 Å². The molecule has 0 N–H and O–H groups in total. The number of ether oxygens (including phenoxy) is 3. The number of rotatable bonds is 4. The summed E-state index contributed by atoms with van der Waals surface area (Å²) in [6.45, 7) is 5.56. The summed E-state index contributed by atoms with van der Waals surface area (Å²) >= 11 is 0. The summed E-state index contributed by atoms with van der Waals surface area (Å²) in [6, 6.07) is 0. The van der Waals surface area contributed by atoms with Gasteiger partial charge in [0.2, 0.25) is 0 Å². The quantitative estimate of drug-likeness (QED) is 0.707.